The number of hydrogen-bond acceptors (Lipinski definition) is 8. The van der Waals surface area contributed by atoms with Crippen molar-refractivity contribution in [1.29, 1.82) is 0 Å². The Morgan fingerprint density at radius 3 is 2.31 bits per heavy atom. The fourth-order valence-corrected chi connectivity index (χ4v) is 3.10. The number of alkyl carbamates (subject to hydrolysis) is 1. The van der Waals surface area contributed by atoms with Gasteiger partial charge in [0.25, 0.3) is 0 Å². The summed E-state index contributed by atoms with van der Waals surface area (Å²) in [6, 6.07) is -0.713. The molecular formula is C21H31F3N4O6S. The zero-order valence-electron chi connectivity index (χ0n) is 20.2. The van der Waals surface area contributed by atoms with Gasteiger partial charge in [0.1, 0.15) is 17.3 Å². The van der Waals surface area contributed by atoms with Crippen molar-refractivity contribution in [2.24, 2.45) is 0 Å². The van der Waals surface area contributed by atoms with Gasteiger partial charge in [-0.25, -0.2) is 9.59 Å². The van der Waals surface area contributed by atoms with Crippen LogP contribution >= 0.6 is 12.2 Å². The lowest BCUT2D eigenvalue weighted by Gasteiger charge is -2.29. The van der Waals surface area contributed by atoms with E-state index in [4.69, 9.17) is 26.4 Å². The number of anilines is 1. The number of carbonyl (C=O) groups excluding carboxylic acids is 3. The first-order chi connectivity index (χ1) is 16.2. The van der Waals surface area contributed by atoms with E-state index < -0.39 is 48.8 Å². The third-order valence-electron chi connectivity index (χ3n) is 4.17. The summed E-state index contributed by atoms with van der Waals surface area (Å²) in [4.78, 5) is 39.8. The molecule has 0 aromatic carbocycles. The number of amides is 1. The third kappa shape index (κ3) is 10.5. The highest BCUT2D eigenvalue weighted by Gasteiger charge is 2.40. The number of H-pyrrole nitrogens is 1. The van der Waals surface area contributed by atoms with E-state index in [1.807, 2.05) is 0 Å². The molecule has 1 aromatic rings. The van der Waals surface area contributed by atoms with Crippen molar-refractivity contribution in [3.8, 4) is 0 Å². The van der Waals surface area contributed by atoms with Crippen LogP contribution in [0.1, 0.15) is 51.5 Å². The second-order valence-electron chi connectivity index (χ2n) is 8.11. The van der Waals surface area contributed by atoms with Crippen molar-refractivity contribution >= 4 is 41.0 Å². The summed E-state index contributed by atoms with van der Waals surface area (Å²) >= 11 is 5.21. The maximum Gasteiger partial charge on any atom is 0.413 e. The first-order valence-electron chi connectivity index (χ1n) is 10.8. The number of esters is 2. The molecule has 0 bridgehead atoms. The summed E-state index contributed by atoms with van der Waals surface area (Å²) in [6.07, 6.45) is -4.84. The van der Waals surface area contributed by atoms with Gasteiger partial charge in [-0.15, -0.1) is 0 Å². The van der Waals surface area contributed by atoms with Gasteiger partial charge in [-0.2, -0.15) is 13.2 Å². The van der Waals surface area contributed by atoms with Gasteiger partial charge in [-0.1, -0.05) is 0 Å². The zero-order valence-corrected chi connectivity index (χ0v) is 21.0. The smallest absolute Gasteiger partial charge is 0.413 e. The highest BCUT2D eigenvalue weighted by Crippen LogP contribution is 2.26. The van der Waals surface area contributed by atoms with Crippen LogP contribution < -0.4 is 15.5 Å². The number of nitrogens with zero attached hydrogens (tertiary/aromatic N) is 1. The molecule has 0 fully saturated rings. The van der Waals surface area contributed by atoms with Crippen LogP contribution in [-0.2, 0) is 19.0 Å². The highest BCUT2D eigenvalue weighted by molar-refractivity contribution is 7.80. The molecule has 0 saturated carbocycles. The zero-order chi connectivity index (χ0) is 26.8. The fourth-order valence-electron chi connectivity index (χ4n) is 2.83. The lowest BCUT2D eigenvalue weighted by atomic mass is 10.1. The Kier molecular flexibility index (Phi) is 11.4. The third-order valence-corrected chi connectivity index (χ3v) is 4.50. The second kappa shape index (κ2) is 13.3. The molecule has 0 spiro atoms. The van der Waals surface area contributed by atoms with Crippen LogP contribution in [0.2, 0.25) is 0 Å². The number of hydrogen-bond donors (Lipinski definition) is 3. The number of alkyl halides is 3. The maximum atomic E-state index is 13.7. The Labute approximate surface area is 206 Å². The lowest BCUT2D eigenvalue weighted by Crippen LogP contribution is -2.49. The molecule has 0 aliphatic rings. The van der Waals surface area contributed by atoms with E-state index in [0.717, 1.165) is 4.90 Å². The summed E-state index contributed by atoms with van der Waals surface area (Å²) in [5.41, 5.74) is -0.824. The van der Waals surface area contributed by atoms with Gasteiger partial charge in [0.2, 0.25) is 0 Å². The molecule has 14 heteroatoms. The minimum Gasteiger partial charge on any atom is -0.461 e. The van der Waals surface area contributed by atoms with Gasteiger partial charge >= 0.3 is 24.2 Å². The number of aromatic amines is 1. The molecule has 0 saturated heterocycles. The normalized spacial score (nSPS) is 12.5. The van der Waals surface area contributed by atoms with E-state index in [1.54, 1.807) is 34.6 Å². The molecule has 0 radical (unpaired) electrons. The van der Waals surface area contributed by atoms with Gasteiger partial charge in [-0.3, -0.25) is 15.4 Å². The SMILES string of the molecule is CCOC(=O)NC(=S)N(CCC(NCC(=O)OC(C)(C)C)C(F)(F)F)c1cc[nH]c1C(=O)OCC. The van der Waals surface area contributed by atoms with E-state index in [0.29, 0.717) is 0 Å². The molecule has 1 aromatic heterocycles. The van der Waals surface area contributed by atoms with Gasteiger partial charge < -0.3 is 24.1 Å². The summed E-state index contributed by atoms with van der Waals surface area (Å²) in [5.74, 6) is -1.61. The highest BCUT2D eigenvalue weighted by atomic mass is 32.1. The molecule has 1 amide bonds. The van der Waals surface area contributed by atoms with Gasteiger partial charge in [0, 0.05) is 12.7 Å². The lowest BCUT2D eigenvalue weighted by molar-refractivity contribution is -0.163. The van der Waals surface area contributed by atoms with Crippen molar-refractivity contribution in [3.05, 3.63) is 18.0 Å². The van der Waals surface area contributed by atoms with Crippen LogP contribution in [0.5, 0.6) is 0 Å². The van der Waals surface area contributed by atoms with Crippen molar-refractivity contribution in [1.82, 2.24) is 15.6 Å². The monoisotopic (exact) mass is 524 g/mol. The van der Waals surface area contributed by atoms with Crippen LogP contribution in [0, 0.1) is 0 Å². The van der Waals surface area contributed by atoms with Crippen LogP contribution in [-0.4, -0.2) is 72.3 Å². The Balaban J connectivity index is 3.11. The topological polar surface area (TPSA) is 122 Å². The Morgan fingerprint density at radius 2 is 1.77 bits per heavy atom. The summed E-state index contributed by atoms with van der Waals surface area (Å²) in [5, 5.41) is 4.13. The molecule has 1 rings (SSSR count). The number of rotatable bonds is 10. The molecule has 198 valence electrons. The maximum absolute atomic E-state index is 13.7. The average Bonchev–Trinajstić information content (AvgIpc) is 3.18. The molecule has 1 atom stereocenters. The van der Waals surface area contributed by atoms with E-state index in [-0.39, 0.29) is 36.3 Å². The molecule has 1 heterocycles. The number of carbonyl (C=O) groups is 3. The first kappa shape index (κ1) is 30.2. The molecule has 35 heavy (non-hydrogen) atoms. The minimum absolute atomic E-state index is 0.0391. The standard InChI is InChI=1S/C21H31F3N4O6S/c1-6-32-17(30)16-13(8-10-25-16)28(18(35)27-19(31)33-7-2)11-9-14(21(22,23)24)26-12-15(29)34-20(3,4)5/h8,10,14,25-26H,6-7,9,11-12H2,1-5H3,(H,27,31,35). The van der Waals surface area contributed by atoms with E-state index >= 15 is 0 Å². The van der Waals surface area contributed by atoms with Crippen molar-refractivity contribution in [3.63, 3.8) is 0 Å². The first-order valence-corrected chi connectivity index (χ1v) is 11.2. The quantitative estimate of drug-likeness (QED) is 0.240. The Bertz CT molecular complexity index is 885. The Morgan fingerprint density at radius 1 is 1.14 bits per heavy atom. The number of halogens is 3. The van der Waals surface area contributed by atoms with Gasteiger partial charge in [0.15, 0.2) is 5.11 Å². The molecule has 3 N–H and O–H groups in total. The van der Waals surface area contributed by atoms with Crippen LogP contribution in [0.25, 0.3) is 0 Å². The number of nitrogens with one attached hydrogen (secondary N) is 3. The van der Waals surface area contributed by atoms with E-state index in [1.165, 1.54) is 12.3 Å². The van der Waals surface area contributed by atoms with E-state index in [9.17, 15) is 27.6 Å². The van der Waals surface area contributed by atoms with Gasteiger partial charge in [-0.05, 0) is 59.3 Å². The van der Waals surface area contributed by atoms with Crippen LogP contribution in [0.4, 0.5) is 23.7 Å². The largest absolute Gasteiger partial charge is 0.461 e. The predicted molar refractivity (Wildman–Crippen MR) is 125 cm³/mol. The van der Waals surface area contributed by atoms with Crippen LogP contribution in [0.15, 0.2) is 12.3 Å². The summed E-state index contributed by atoms with van der Waals surface area (Å²) in [7, 11) is 0. The average molecular weight is 525 g/mol. The number of ether oxygens (including phenoxy) is 3. The van der Waals surface area contributed by atoms with Gasteiger partial charge in [0.05, 0.1) is 25.4 Å². The molecule has 1 unspecified atom stereocenters. The molecule has 0 aliphatic carbocycles. The summed E-state index contributed by atoms with van der Waals surface area (Å²) < 4.78 is 55.8. The molecular weight excluding hydrogens is 493 g/mol. The van der Waals surface area contributed by atoms with Crippen LogP contribution in [0.3, 0.4) is 0 Å². The fraction of sp³-hybridized carbons (Fsp3) is 0.619. The number of aromatic nitrogens is 1. The molecule has 0 aliphatic heterocycles. The molecule has 10 nitrogen and oxygen atoms in total. The van der Waals surface area contributed by atoms with Crippen molar-refractivity contribution in [2.75, 3.05) is 31.2 Å². The van der Waals surface area contributed by atoms with Crippen molar-refractivity contribution < 1.29 is 41.8 Å². The predicted octanol–water partition coefficient (Wildman–Crippen LogP) is 3.28. The second-order valence-corrected chi connectivity index (χ2v) is 8.50. The summed E-state index contributed by atoms with van der Waals surface area (Å²) in [6.45, 7) is 6.99. The van der Waals surface area contributed by atoms with E-state index in [2.05, 4.69) is 15.6 Å². The minimum atomic E-state index is -4.72. The number of thiocarbonyl (C=S) groups is 1. The van der Waals surface area contributed by atoms with Crippen molar-refractivity contribution in [2.45, 2.75) is 58.9 Å². The Hall–Kier alpha value is -2.87.